The first-order valence-corrected chi connectivity index (χ1v) is 9.55. The van der Waals surface area contributed by atoms with E-state index in [1.807, 2.05) is 4.90 Å². The van der Waals surface area contributed by atoms with Crippen LogP contribution in [0.3, 0.4) is 0 Å². The molecular formula is C20H25N3O5. The molecule has 0 bridgehead atoms. The fourth-order valence-electron chi connectivity index (χ4n) is 3.81. The minimum atomic E-state index is -0.556. The van der Waals surface area contributed by atoms with E-state index in [1.165, 1.54) is 11.8 Å². The number of piperidine rings is 1. The van der Waals surface area contributed by atoms with Crippen molar-refractivity contribution in [2.75, 3.05) is 29.9 Å². The lowest BCUT2D eigenvalue weighted by Crippen LogP contribution is -2.48. The minimum Gasteiger partial charge on any atom is -0.466 e. The summed E-state index contributed by atoms with van der Waals surface area (Å²) >= 11 is 0. The molecule has 8 heteroatoms. The monoisotopic (exact) mass is 387 g/mol. The van der Waals surface area contributed by atoms with Crippen LogP contribution in [0.25, 0.3) is 0 Å². The van der Waals surface area contributed by atoms with Crippen LogP contribution in [-0.2, 0) is 23.9 Å². The molecule has 0 unspecified atom stereocenters. The number of carbonyl (C=O) groups excluding carboxylic acids is 4. The van der Waals surface area contributed by atoms with Gasteiger partial charge in [0.1, 0.15) is 0 Å². The number of esters is 1. The lowest BCUT2D eigenvalue weighted by Gasteiger charge is -2.34. The number of hydrogen-bond acceptors (Lipinski definition) is 6. The lowest BCUT2D eigenvalue weighted by atomic mass is 9.96. The number of rotatable bonds is 5. The summed E-state index contributed by atoms with van der Waals surface area (Å²) in [6, 6.07) is 6.03. The summed E-state index contributed by atoms with van der Waals surface area (Å²) in [5.74, 6) is -1.23. The number of nitrogens with one attached hydrogen (secondary N) is 1. The van der Waals surface area contributed by atoms with Gasteiger partial charge in [-0.15, -0.1) is 0 Å². The van der Waals surface area contributed by atoms with Crippen molar-refractivity contribution in [1.29, 1.82) is 0 Å². The molecule has 0 saturated carbocycles. The Morgan fingerprint density at radius 2 is 1.93 bits per heavy atom. The summed E-state index contributed by atoms with van der Waals surface area (Å²) in [6.45, 7) is 4.62. The van der Waals surface area contributed by atoms with Crippen molar-refractivity contribution in [3.05, 3.63) is 24.3 Å². The Morgan fingerprint density at radius 3 is 2.57 bits per heavy atom. The Balaban J connectivity index is 1.71. The Bertz CT molecular complexity index is 777. The van der Waals surface area contributed by atoms with E-state index in [0.717, 1.165) is 12.8 Å². The van der Waals surface area contributed by atoms with E-state index in [-0.39, 0.29) is 36.0 Å². The third-order valence-corrected chi connectivity index (χ3v) is 5.08. The first-order chi connectivity index (χ1) is 13.4. The highest BCUT2D eigenvalue weighted by molar-refractivity contribution is 6.22. The van der Waals surface area contributed by atoms with Gasteiger partial charge in [0.25, 0.3) is 5.91 Å². The largest absolute Gasteiger partial charge is 0.466 e. The maximum Gasteiger partial charge on any atom is 0.310 e. The number of carbonyl (C=O) groups is 4. The molecule has 2 aliphatic heterocycles. The third kappa shape index (κ3) is 4.22. The van der Waals surface area contributed by atoms with Crippen LogP contribution in [-0.4, -0.2) is 54.3 Å². The van der Waals surface area contributed by atoms with Crippen LogP contribution in [0.1, 0.15) is 33.1 Å². The molecule has 0 aliphatic carbocycles. The van der Waals surface area contributed by atoms with Crippen LogP contribution < -0.4 is 10.2 Å². The van der Waals surface area contributed by atoms with Gasteiger partial charge < -0.3 is 10.1 Å². The van der Waals surface area contributed by atoms with Gasteiger partial charge in [0.05, 0.1) is 30.7 Å². The number of nitrogens with zero attached hydrogens (tertiary/aromatic N) is 2. The van der Waals surface area contributed by atoms with Crippen LogP contribution in [0.4, 0.5) is 11.4 Å². The zero-order chi connectivity index (χ0) is 20.3. The van der Waals surface area contributed by atoms with E-state index in [9.17, 15) is 19.2 Å². The predicted octanol–water partition coefficient (Wildman–Crippen LogP) is 1.55. The molecule has 8 nitrogen and oxygen atoms in total. The van der Waals surface area contributed by atoms with E-state index in [2.05, 4.69) is 5.32 Å². The Hall–Kier alpha value is -2.74. The van der Waals surface area contributed by atoms with Crippen LogP contribution in [0.5, 0.6) is 0 Å². The highest BCUT2D eigenvalue weighted by Gasteiger charge is 2.44. The van der Waals surface area contributed by atoms with Gasteiger partial charge in [-0.3, -0.25) is 24.1 Å². The van der Waals surface area contributed by atoms with Crippen molar-refractivity contribution >= 4 is 35.1 Å². The van der Waals surface area contributed by atoms with Gasteiger partial charge in [0, 0.05) is 19.2 Å². The molecule has 1 aromatic carbocycles. The van der Waals surface area contributed by atoms with Gasteiger partial charge in [-0.2, -0.15) is 0 Å². The number of anilines is 2. The number of benzene rings is 1. The number of ether oxygens (including phenoxy) is 1. The van der Waals surface area contributed by atoms with Gasteiger partial charge in [-0.1, -0.05) is 0 Å². The standard InChI is InChI=1S/C20H25N3O5/c1-3-28-20(27)14-5-4-10-22(12-14)17-11-18(25)23(19(17)26)16-8-6-15(7-9-16)21-13(2)24/h6-9,14,17H,3-5,10-12H2,1-2H3,(H,21,24)/t14-,17-/m0/s1. The van der Waals surface area contributed by atoms with Gasteiger partial charge in [0.15, 0.2) is 0 Å². The number of hydrogen-bond donors (Lipinski definition) is 1. The van der Waals surface area contributed by atoms with E-state index >= 15 is 0 Å². The summed E-state index contributed by atoms with van der Waals surface area (Å²) in [5.41, 5.74) is 1.07. The molecule has 28 heavy (non-hydrogen) atoms. The zero-order valence-corrected chi connectivity index (χ0v) is 16.1. The number of imide groups is 1. The number of likely N-dealkylation sites (tertiary alicyclic amines) is 1. The lowest BCUT2D eigenvalue weighted by molar-refractivity contribution is -0.150. The second kappa shape index (κ2) is 8.52. The average molecular weight is 387 g/mol. The summed E-state index contributed by atoms with van der Waals surface area (Å²) in [5, 5.41) is 2.65. The van der Waals surface area contributed by atoms with Gasteiger partial charge >= 0.3 is 5.97 Å². The molecule has 0 spiro atoms. The quantitative estimate of drug-likeness (QED) is 0.608. The van der Waals surface area contributed by atoms with Crippen LogP contribution in [0.15, 0.2) is 24.3 Å². The molecule has 1 aromatic rings. The van der Waals surface area contributed by atoms with Crippen molar-refractivity contribution in [3.8, 4) is 0 Å². The van der Waals surface area contributed by atoms with E-state index in [1.54, 1.807) is 31.2 Å². The third-order valence-electron chi connectivity index (χ3n) is 5.08. The fourth-order valence-corrected chi connectivity index (χ4v) is 3.81. The maximum atomic E-state index is 13.0. The number of amides is 3. The molecule has 1 N–H and O–H groups in total. The zero-order valence-electron chi connectivity index (χ0n) is 16.1. The van der Waals surface area contributed by atoms with Gasteiger partial charge in [0.2, 0.25) is 11.8 Å². The van der Waals surface area contributed by atoms with Crippen molar-refractivity contribution in [2.24, 2.45) is 5.92 Å². The second-order valence-corrected chi connectivity index (χ2v) is 7.10. The van der Waals surface area contributed by atoms with E-state index in [0.29, 0.717) is 31.1 Å². The fraction of sp³-hybridized carbons (Fsp3) is 0.500. The molecule has 2 heterocycles. The minimum absolute atomic E-state index is 0.0990. The van der Waals surface area contributed by atoms with Crippen molar-refractivity contribution < 1.29 is 23.9 Å². The predicted molar refractivity (Wildman–Crippen MR) is 103 cm³/mol. The summed E-state index contributed by atoms with van der Waals surface area (Å²) in [7, 11) is 0. The maximum absolute atomic E-state index is 13.0. The van der Waals surface area contributed by atoms with Gasteiger partial charge in [-0.05, 0) is 50.6 Å². The SMILES string of the molecule is CCOC(=O)[C@H]1CCCN([C@H]2CC(=O)N(c3ccc(NC(C)=O)cc3)C2=O)C1. The van der Waals surface area contributed by atoms with Crippen LogP contribution >= 0.6 is 0 Å². The Kier molecular flexibility index (Phi) is 6.08. The van der Waals surface area contributed by atoms with Crippen molar-refractivity contribution in [1.82, 2.24) is 4.90 Å². The topological polar surface area (TPSA) is 96.0 Å². The molecular weight excluding hydrogens is 362 g/mol. The molecule has 150 valence electrons. The van der Waals surface area contributed by atoms with Gasteiger partial charge in [-0.25, -0.2) is 4.90 Å². The molecule has 2 saturated heterocycles. The summed E-state index contributed by atoms with van der Waals surface area (Å²) in [4.78, 5) is 51.8. The molecule has 0 aromatic heterocycles. The molecule has 0 radical (unpaired) electrons. The molecule has 2 atom stereocenters. The Morgan fingerprint density at radius 1 is 1.21 bits per heavy atom. The highest BCUT2D eigenvalue weighted by atomic mass is 16.5. The molecule has 3 amide bonds. The second-order valence-electron chi connectivity index (χ2n) is 7.10. The van der Waals surface area contributed by atoms with E-state index in [4.69, 9.17) is 4.74 Å². The summed E-state index contributed by atoms with van der Waals surface area (Å²) in [6.07, 6.45) is 1.62. The average Bonchev–Trinajstić information content (AvgIpc) is 2.97. The van der Waals surface area contributed by atoms with Crippen LogP contribution in [0.2, 0.25) is 0 Å². The normalized spacial score (nSPS) is 23.0. The van der Waals surface area contributed by atoms with Crippen LogP contribution in [0, 0.1) is 5.92 Å². The first kappa shape index (κ1) is 20.0. The van der Waals surface area contributed by atoms with Crippen molar-refractivity contribution in [3.63, 3.8) is 0 Å². The molecule has 3 rings (SSSR count). The smallest absolute Gasteiger partial charge is 0.310 e. The van der Waals surface area contributed by atoms with Crippen molar-refractivity contribution in [2.45, 2.75) is 39.2 Å². The summed E-state index contributed by atoms with van der Waals surface area (Å²) < 4.78 is 5.11. The molecule has 2 fully saturated rings. The Labute approximate surface area is 163 Å². The highest BCUT2D eigenvalue weighted by Crippen LogP contribution is 2.29. The molecule has 2 aliphatic rings. The van der Waals surface area contributed by atoms with E-state index < -0.39 is 6.04 Å². The first-order valence-electron chi connectivity index (χ1n) is 9.55.